The van der Waals surface area contributed by atoms with Gasteiger partial charge in [-0.1, -0.05) is 17.8 Å². The molecule has 2 rings (SSSR count). The standard InChI is InChI=1S/C13H11NO3S/c1-9-2-3-10(14(16)17)8-13(9)18-12-6-4-11(15)5-7-12/h2-8,15H,1H3. The van der Waals surface area contributed by atoms with Crippen molar-refractivity contribution in [1.82, 2.24) is 0 Å². The third kappa shape index (κ3) is 2.81. The average molecular weight is 261 g/mol. The number of nitro groups is 1. The molecule has 92 valence electrons. The molecule has 2 aromatic carbocycles. The summed E-state index contributed by atoms with van der Waals surface area (Å²) in [6.07, 6.45) is 0. The number of rotatable bonds is 3. The van der Waals surface area contributed by atoms with Crippen molar-refractivity contribution in [2.75, 3.05) is 0 Å². The van der Waals surface area contributed by atoms with Gasteiger partial charge >= 0.3 is 0 Å². The summed E-state index contributed by atoms with van der Waals surface area (Å²) < 4.78 is 0. The maximum Gasteiger partial charge on any atom is 0.270 e. The largest absolute Gasteiger partial charge is 0.508 e. The molecular formula is C13H11NO3S. The molecule has 18 heavy (non-hydrogen) atoms. The van der Waals surface area contributed by atoms with Gasteiger partial charge in [0.15, 0.2) is 0 Å². The number of nitrogens with zero attached hydrogens (tertiary/aromatic N) is 1. The van der Waals surface area contributed by atoms with Gasteiger partial charge in [-0.15, -0.1) is 0 Å². The molecule has 0 saturated carbocycles. The summed E-state index contributed by atoms with van der Waals surface area (Å²) in [6.45, 7) is 1.91. The van der Waals surface area contributed by atoms with Crippen molar-refractivity contribution in [2.24, 2.45) is 0 Å². The summed E-state index contributed by atoms with van der Waals surface area (Å²) in [5, 5.41) is 19.9. The number of hydrogen-bond acceptors (Lipinski definition) is 4. The number of nitro benzene ring substituents is 1. The summed E-state index contributed by atoms with van der Waals surface area (Å²) in [5.41, 5.74) is 1.07. The number of phenols is 1. The lowest BCUT2D eigenvalue weighted by molar-refractivity contribution is -0.385. The Labute approximate surface area is 108 Å². The summed E-state index contributed by atoms with van der Waals surface area (Å²) >= 11 is 1.44. The Morgan fingerprint density at radius 3 is 2.44 bits per heavy atom. The summed E-state index contributed by atoms with van der Waals surface area (Å²) in [4.78, 5) is 12.1. The zero-order valence-electron chi connectivity index (χ0n) is 9.66. The number of benzene rings is 2. The van der Waals surface area contributed by atoms with E-state index in [1.807, 2.05) is 6.92 Å². The van der Waals surface area contributed by atoms with Gasteiger partial charge in [0, 0.05) is 21.9 Å². The van der Waals surface area contributed by atoms with E-state index in [4.69, 9.17) is 0 Å². The van der Waals surface area contributed by atoms with Gasteiger partial charge in [0.2, 0.25) is 0 Å². The molecule has 0 amide bonds. The molecule has 0 aliphatic rings. The lowest BCUT2D eigenvalue weighted by Gasteiger charge is -2.05. The molecular weight excluding hydrogens is 250 g/mol. The van der Waals surface area contributed by atoms with Gasteiger partial charge in [-0.2, -0.15) is 0 Å². The SMILES string of the molecule is Cc1ccc([N+](=O)[O-])cc1Sc1ccc(O)cc1. The highest BCUT2D eigenvalue weighted by Crippen LogP contribution is 2.33. The van der Waals surface area contributed by atoms with Crippen LogP contribution in [-0.2, 0) is 0 Å². The smallest absolute Gasteiger partial charge is 0.270 e. The summed E-state index contributed by atoms with van der Waals surface area (Å²) in [6, 6.07) is 11.5. The number of phenolic OH excluding ortho intramolecular Hbond substituents is 1. The van der Waals surface area contributed by atoms with E-state index in [1.54, 1.807) is 36.4 Å². The molecule has 0 aliphatic heterocycles. The van der Waals surface area contributed by atoms with Crippen LogP contribution in [0.4, 0.5) is 5.69 Å². The van der Waals surface area contributed by atoms with E-state index in [1.165, 1.54) is 17.8 Å². The van der Waals surface area contributed by atoms with Crippen LogP contribution in [0.15, 0.2) is 52.3 Å². The molecule has 0 heterocycles. The second-order valence-corrected chi connectivity index (χ2v) is 4.92. The summed E-state index contributed by atoms with van der Waals surface area (Å²) in [5.74, 6) is 0.204. The number of aromatic hydroxyl groups is 1. The van der Waals surface area contributed by atoms with Crippen LogP contribution in [0, 0.1) is 17.0 Å². The first-order valence-electron chi connectivity index (χ1n) is 5.28. The van der Waals surface area contributed by atoms with Crippen molar-refractivity contribution in [2.45, 2.75) is 16.7 Å². The van der Waals surface area contributed by atoms with Crippen LogP contribution in [0.25, 0.3) is 0 Å². The van der Waals surface area contributed by atoms with Crippen molar-refractivity contribution in [3.63, 3.8) is 0 Å². The fraction of sp³-hybridized carbons (Fsp3) is 0.0769. The first kappa shape index (κ1) is 12.4. The van der Waals surface area contributed by atoms with Crippen molar-refractivity contribution >= 4 is 17.4 Å². The number of hydrogen-bond donors (Lipinski definition) is 1. The molecule has 0 spiro atoms. The predicted molar refractivity (Wildman–Crippen MR) is 70.1 cm³/mol. The second-order valence-electron chi connectivity index (χ2n) is 3.80. The van der Waals surface area contributed by atoms with Crippen LogP contribution in [0.1, 0.15) is 5.56 Å². The highest BCUT2D eigenvalue weighted by atomic mass is 32.2. The molecule has 0 unspecified atom stereocenters. The molecule has 0 bridgehead atoms. The van der Waals surface area contributed by atoms with E-state index in [0.717, 1.165) is 15.4 Å². The lowest BCUT2D eigenvalue weighted by Crippen LogP contribution is -1.89. The molecule has 4 nitrogen and oxygen atoms in total. The van der Waals surface area contributed by atoms with Gasteiger partial charge in [0.1, 0.15) is 5.75 Å². The second kappa shape index (κ2) is 5.10. The quantitative estimate of drug-likeness (QED) is 0.675. The minimum Gasteiger partial charge on any atom is -0.508 e. The maximum atomic E-state index is 10.7. The Morgan fingerprint density at radius 1 is 1.17 bits per heavy atom. The Kier molecular flexibility index (Phi) is 3.53. The first-order chi connectivity index (χ1) is 8.56. The Morgan fingerprint density at radius 2 is 1.83 bits per heavy atom. The van der Waals surface area contributed by atoms with Crippen molar-refractivity contribution in [3.8, 4) is 5.75 Å². The zero-order chi connectivity index (χ0) is 13.1. The van der Waals surface area contributed by atoms with Crippen LogP contribution in [0.2, 0.25) is 0 Å². The van der Waals surface area contributed by atoms with E-state index in [0.29, 0.717) is 0 Å². The van der Waals surface area contributed by atoms with Gasteiger partial charge in [-0.05, 0) is 36.8 Å². The third-order valence-corrected chi connectivity index (χ3v) is 3.61. The minimum absolute atomic E-state index is 0.0851. The average Bonchev–Trinajstić information content (AvgIpc) is 2.34. The Bertz CT molecular complexity index is 581. The van der Waals surface area contributed by atoms with Crippen LogP contribution in [-0.4, -0.2) is 10.0 Å². The monoisotopic (exact) mass is 261 g/mol. The highest BCUT2D eigenvalue weighted by molar-refractivity contribution is 7.99. The number of non-ortho nitro benzene ring substituents is 1. The Hall–Kier alpha value is -2.01. The summed E-state index contributed by atoms with van der Waals surface area (Å²) in [7, 11) is 0. The first-order valence-corrected chi connectivity index (χ1v) is 6.10. The van der Waals surface area contributed by atoms with Crippen LogP contribution in [0.3, 0.4) is 0 Å². The van der Waals surface area contributed by atoms with Crippen molar-refractivity contribution in [3.05, 3.63) is 58.1 Å². The third-order valence-electron chi connectivity index (χ3n) is 2.45. The molecule has 0 atom stereocenters. The van der Waals surface area contributed by atoms with Gasteiger partial charge in [-0.3, -0.25) is 10.1 Å². The van der Waals surface area contributed by atoms with Crippen molar-refractivity contribution in [1.29, 1.82) is 0 Å². The van der Waals surface area contributed by atoms with Gasteiger partial charge < -0.3 is 5.11 Å². The van der Waals surface area contributed by atoms with E-state index in [-0.39, 0.29) is 11.4 Å². The predicted octanol–water partition coefficient (Wildman–Crippen LogP) is 3.76. The normalized spacial score (nSPS) is 10.3. The minimum atomic E-state index is -0.402. The van der Waals surface area contributed by atoms with E-state index in [2.05, 4.69) is 0 Å². The molecule has 0 aliphatic carbocycles. The fourth-order valence-electron chi connectivity index (χ4n) is 1.45. The van der Waals surface area contributed by atoms with E-state index in [9.17, 15) is 15.2 Å². The molecule has 0 saturated heterocycles. The Balaban J connectivity index is 2.30. The molecule has 0 radical (unpaired) electrons. The fourth-order valence-corrected chi connectivity index (χ4v) is 2.39. The topological polar surface area (TPSA) is 63.4 Å². The number of aryl methyl sites for hydroxylation is 1. The van der Waals surface area contributed by atoms with Crippen LogP contribution < -0.4 is 0 Å². The van der Waals surface area contributed by atoms with E-state index < -0.39 is 4.92 Å². The highest BCUT2D eigenvalue weighted by Gasteiger charge is 2.09. The van der Waals surface area contributed by atoms with Crippen LogP contribution in [0.5, 0.6) is 5.75 Å². The molecule has 2 aromatic rings. The maximum absolute atomic E-state index is 10.7. The molecule has 0 aromatic heterocycles. The van der Waals surface area contributed by atoms with Gasteiger partial charge in [0.25, 0.3) is 5.69 Å². The van der Waals surface area contributed by atoms with E-state index >= 15 is 0 Å². The lowest BCUT2D eigenvalue weighted by atomic mass is 10.2. The van der Waals surface area contributed by atoms with Gasteiger partial charge in [-0.25, -0.2) is 0 Å². The molecule has 0 fully saturated rings. The molecule has 1 N–H and O–H groups in total. The van der Waals surface area contributed by atoms with Gasteiger partial charge in [0.05, 0.1) is 4.92 Å². The van der Waals surface area contributed by atoms with Crippen molar-refractivity contribution < 1.29 is 10.0 Å². The molecule has 5 heteroatoms. The van der Waals surface area contributed by atoms with Crippen LogP contribution >= 0.6 is 11.8 Å². The zero-order valence-corrected chi connectivity index (χ0v) is 10.5.